The maximum atomic E-state index is 14.0. The first kappa shape index (κ1) is 62.6. The Kier molecular flexibility index (Phi) is 24.8. The number of amides is 4. The van der Waals surface area contributed by atoms with E-state index in [-0.39, 0.29) is 60.5 Å². The summed E-state index contributed by atoms with van der Waals surface area (Å²) < 4.78 is 50.2. The van der Waals surface area contributed by atoms with E-state index in [0.29, 0.717) is 119 Å². The average molecular weight is 1070 g/mol. The van der Waals surface area contributed by atoms with E-state index in [1.54, 1.807) is 79.5 Å². The summed E-state index contributed by atoms with van der Waals surface area (Å²) in [4.78, 5) is 60.7. The maximum Gasteiger partial charge on any atom is 0.410 e. The zero-order chi connectivity index (χ0) is 56.2. The minimum absolute atomic E-state index is 0.00562. The second-order valence-electron chi connectivity index (χ2n) is 21.8. The van der Waals surface area contributed by atoms with Crippen molar-refractivity contribution >= 4 is 24.0 Å². The Morgan fingerprint density at radius 1 is 0.566 bits per heavy atom. The summed E-state index contributed by atoms with van der Waals surface area (Å²) in [5, 5.41) is 9.91. The number of ether oxygens (including phenoxy) is 9. The summed E-state index contributed by atoms with van der Waals surface area (Å²) in [6.07, 6.45) is 1.88. The number of aliphatic hydroxyl groups excluding tert-OH is 1. The van der Waals surface area contributed by atoms with Crippen molar-refractivity contribution in [2.24, 2.45) is 11.8 Å². The number of benzene rings is 3. The van der Waals surface area contributed by atoms with Crippen LogP contribution in [0.2, 0.25) is 0 Å². The van der Waals surface area contributed by atoms with Crippen LogP contribution in [0.3, 0.4) is 0 Å². The highest BCUT2D eigenvalue weighted by molar-refractivity contribution is 5.96. The van der Waals surface area contributed by atoms with Crippen LogP contribution in [0, 0.1) is 11.8 Å². The minimum atomic E-state index is -0.630. The van der Waals surface area contributed by atoms with E-state index < -0.39 is 17.3 Å². The van der Waals surface area contributed by atoms with Gasteiger partial charge in [-0.15, -0.1) is 0 Å². The lowest BCUT2D eigenvalue weighted by molar-refractivity contribution is -0.00676. The lowest BCUT2D eigenvalue weighted by Gasteiger charge is -2.44. The molecule has 2 fully saturated rings. The van der Waals surface area contributed by atoms with Gasteiger partial charge in [0.25, 0.3) is 11.8 Å². The van der Waals surface area contributed by atoms with Crippen molar-refractivity contribution in [3.05, 3.63) is 77.9 Å². The molecule has 1 N–H and O–H groups in total. The molecule has 0 saturated carbocycles. The van der Waals surface area contributed by atoms with Gasteiger partial charge in [-0.3, -0.25) is 9.59 Å². The van der Waals surface area contributed by atoms with Gasteiger partial charge in [-0.2, -0.15) is 0 Å². The van der Waals surface area contributed by atoms with E-state index in [9.17, 15) is 24.3 Å². The highest BCUT2D eigenvalue weighted by Crippen LogP contribution is 2.33. The molecule has 3 aromatic carbocycles. The molecule has 2 aliphatic rings. The molecule has 2 unspecified atom stereocenters. The van der Waals surface area contributed by atoms with Gasteiger partial charge in [0.2, 0.25) is 0 Å². The molecule has 0 aromatic heterocycles. The standard InChI is InChI=1S/C32H46N2O7.C26H42N2O7/c1-23(2)34(30(35)25-14-15-28(38-7)29(19-25)39-17-11-16-37-6)26-18-24(22-40-27-12-9-8-10-13-27)20-33(21-26)31(36)41-32(3,4)5;1-18(2)28(21-13-19(17-29)15-27(16-21)25(31)35-26(3,4)5)24(30)20-9-10-22(33-7)23(14-20)34-12-8-11-32-6/h8-10,12-15,19,23-24,26H,11,16-18,20-22H2,1-7H3;9-10,14,18-19,21,29H,8,11-13,15-17H2,1-7H3/t24-,26?;19-,21?/m00/s1. The summed E-state index contributed by atoms with van der Waals surface area (Å²) in [6, 6.07) is 19.2. The van der Waals surface area contributed by atoms with Gasteiger partial charge in [0, 0.05) is 108 Å². The van der Waals surface area contributed by atoms with E-state index >= 15 is 0 Å². The lowest BCUT2D eigenvalue weighted by Crippen LogP contribution is -2.57. The second-order valence-corrected chi connectivity index (χ2v) is 21.8. The summed E-state index contributed by atoms with van der Waals surface area (Å²) in [5.74, 6) is 2.42. The van der Waals surface area contributed by atoms with Crippen LogP contribution in [0.5, 0.6) is 28.7 Å². The zero-order valence-corrected chi connectivity index (χ0v) is 47.8. The highest BCUT2D eigenvalue weighted by atomic mass is 16.6. The smallest absolute Gasteiger partial charge is 0.410 e. The third-order valence-corrected chi connectivity index (χ3v) is 12.5. The summed E-state index contributed by atoms with van der Waals surface area (Å²) in [7, 11) is 6.41. The van der Waals surface area contributed by atoms with E-state index in [4.69, 9.17) is 42.6 Å². The first-order valence-electron chi connectivity index (χ1n) is 26.5. The first-order valence-corrected chi connectivity index (χ1v) is 26.5. The molecular weight excluding hydrogens is 977 g/mol. The molecule has 0 radical (unpaired) electrons. The molecular formula is C58H88N4O14. The van der Waals surface area contributed by atoms with Crippen LogP contribution in [-0.2, 0) is 18.9 Å². The van der Waals surface area contributed by atoms with Gasteiger partial charge in [0.1, 0.15) is 17.0 Å². The molecule has 2 saturated heterocycles. The molecule has 18 heteroatoms. The number of likely N-dealkylation sites (tertiary alicyclic amines) is 2. The van der Waals surface area contributed by atoms with Crippen LogP contribution in [0.1, 0.15) is 116 Å². The van der Waals surface area contributed by atoms with Crippen molar-refractivity contribution in [1.29, 1.82) is 0 Å². The predicted molar refractivity (Wildman–Crippen MR) is 291 cm³/mol. The van der Waals surface area contributed by atoms with Crippen molar-refractivity contribution in [1.82, 2.24) is 19.6 Å². The van der Waals surface area contributed by atoms with E-state index in [2.05, 4.69) is 0 Å². The fourth-order valence-corrected chi connectivity index (χ4v) is 9.24. The molecule has 5 rings (SSSR count). The van der Waals surface area contributed by atoms with Gasteiger partial charge in [-0.05, 0) is 131 Å². The fourth-order valence-electron chi connectivity index (χ4n) is 9.24. The quantitative estimate of drug-likeness (QED) is 0.0939. The fraction of sp³-hybridized carbons (Fsp3) is 0.621. The van der Waals surface area contributed by atoms with E-state index in [1.807, 2.05) is 104 Å². The Labute approximate surface area is 452 Å². The van der Waals surface area contributed by atoms with Gasteiger partial charge in [-0.25, -0.2) is 9.59 Å². The average Bonchev–Trinajstić information content (AvgIpc) is 3.37. The number of hydrogen-bond donors (Lipinski definition) is 1. The van der Waals surface area contributed by atoms with Crippen LogP contribution in [-0.4, -0.2) is 178 Å². The van der Waals surface area contributed by atoms with Gasteiger partial charge in [0.15, 0.2) is 23.0 Å². The Hall–Kier alpha value is -5.98. The SMILES string of the molecule is COCCCOc1cc(C(=O)N(C(C)C)C2C[C@H](CO)CN(C(=O)OC(C)(C)C)C2)ccc1OC.COCCCOc1cc(C(=O)N(C(C)C)C2C[C@H](COc3ccccc3)CN(C(=O)OC(C)(C)C)C2)ccc1OC. The molecule has 76 heavy (non-hydrogen) atoms. The van der Waals surface area contributed by atoms with Crippen molar-refractivity contribution in [2.75, 3.05) is 94.3 Å². The normalized spacial score (nSPS) is 17.8. The van der Waals surface area contributed by atoms with Gasteiger partial charge in [-0.1, -0.05) is 18.2 Å². The van der Waals surface area contributed by atoms with Crippen molar-refractivity contribution in [3.63, 3.8) is 0 Å². The summed E-state index contributed by atoms with van der Waals surface area (Å²) in [6.45, 7) is 22.8. The number of rotatable bonds is 22. The third-order valence-electron chi connectivity index (χ3n) is 12.5. The highest BCUT2D eigenvalue weighted by Gasteiger charge is 2.40. The number of aliphatic hydroxyl groups is 1. The lowest BCUT2D eigenvalue weighted by atomic mass is 9.92. The Morgan fingerprint density at radius 3 is 1.37 bits per heavy atom. The molecule has 4 amide bonds. The third kappa shape index (κ3) is 19.5. The molecule has 0 spiro atoms. The number of piperidine rings is 2. The number of nitrogens with zero attached hydrogens (tertiary/aromatic N) is 4. The number of para-hydroxylation sites is 1. The number of carbonyl (C=O) groups excluding carboxylic acids is 4. The van der Waals surface area contributed by atoms with Crippen LogP contribution < -0.4 is 23.7 Å². The summed E-state index contributed by atoms with van der Waals surface area (Å²) in [5.41, 5.74) is -0.297. The van der Waals surface area contributed by atoms with E-state index in [0.717, 1.165) is 5.75 Å². The molecule has 3 aromatic rings. The van der Waals surface area contributed by atoms with Gasteiger partial charge < -0.3 is 67.3 Å². The van der Waals surface area contributed by atoms with Crippen molar-refractivity contribution in [2.45, 2.75) is 130 Å². The molecule has 2 aliphatic heterocycles. The minimum Gasteiger partial charge on any atom is -0.493 e. The van der Waals surface area contributed by atoms with Crippen LogP contribution in [0.25, 0.3) is 0 Å². The van der Waals surface area contributed by atoms with Gasteiger partial charge >= 0.3 is 12.2 Å². The Balaban J connectivity index is 0.000000333. The first-order chi connectivity index (χ1) is 36.0. The van der Waals surface area contributed by atoms with Crippen molar-refractivity contribution < 1.29 is 66.9 Å². The van der Waals surface area contributed by atoms with Crippen molar-refractivity contribution in [3.8, 4) is 28.7 Å². The topological polar surface area (TPSA) is 185 Å². The molecule has 0 bridgehead atoms. The zero-order valence-electron chi connectivity index (χ0n) is 47.8. The molecule has 0 aliphatic carbocycles. The number of carbonyl (C=O) groups is 4. The largest absolute Gasteiger partial charge is 0.493 e. The van der Waals surface area contributed by atoms with Gasteiger partial charge in [0.05, 0.1) is 46.1 Å². The monoisotopic (exact) mass is 1060 g/mol. The molecule has 4 atom stereocenters. The van der Waals surface area contributed by atoms with Crippen LogP contribution in [0.4, 0.5) is 9.59 Å². The Morgan fingerprint density at radius 2 is 0.987 bits per heavy atom. The van der Waals surface area contributed by atoms with E-state index in [1.165, 1.54) is 0 Å². The maximum absolute atomic E-state index is 14.0. The second kappa shape index (κ2) is 30.1. The molecule has 2 heterocycles. The number of methoxy groups -OCH3 is 4. The number of hydrogen-bond acceptors (Lipinski definition) is 14. The van der Waals surface area contributed by atoms with Crippen LogP contribution >= 0.6 is 0 Å². The van der Waals surface area contributed by atoms with Crippen LogP contribution in [0.15, 0.2) is 66.7 Å². The molecule has 424 valence electrons. The molecule has 18 nitrogen and oxygen atoms in total. The summed E-state index contributed by atoms with van der Waals surface area (Å²) >= 11 is 0. The predicted octanol–water partition coefficient (Wildman–Crippen LogP) is 9.24. The Bertz CT molecular complexity index is 2270.